The first-order valence-corrected chi connectivity index (χ1v) is 11.9. The maximum Gasteiger partial charge on any atom is 0.276 e. The summed E-state index contributed by atoms with van der Waals surface area (Å²) in [6.07, 6.45) is 3.38. The third kappa shape index (κ3) is 7.32. The number of aromatic nitrogens is 2. The van der Waals surface area contributed by atoms with Crippen LogP contribution in [-0.2, 0) is 19.0 Å². The molecule has 0 bridgehead atoms. The van der Waals surface area contributed by atoms with Crippen LogP contribution in [-0.4, -0.2) is 79.9 Å². The number of thiazole rings is 2. The molecule has 1 fully saturated rings. The quantitative estimate of drug-likeness (QED) is 0.506. The van der Waals surface area contributed by atoms with Crippen molar-refractivity contribution in [2.75, 3.05) is 58.6 Å². The molecular weight excluding hydrogens is 440 g/mol. The minimum absolute atomic E-state index is 0.00621. The second-order valence-corrected chi connectivity index (χ2v) is 9.24. The van der Waals surface area contributed by atoms with Gasteiger partial charge in [0, 0.05) is 42.6 Å². The number of piperidine rings is 1. The van der Waals surface area contributed by atoms with Crippen LogP contribution in [0.3, 0.4) is 0 Å². The van der Waals surface area contributed by atoms with Crippen molar-refractivity contribution in [2.24, 2.45) is 0 Å². The fraction of sp³-hybridized carbons (Fsp3) is 0.600. The Kier molecular flexibility index (Phi) is 9.34. The summed E-state index contributed by atoms with van der Waals surface area (Å²) in [6, 6.07) is 0. The Bertz CT molecular complexity index is 848. The van der Waals surface area contributed by atoms with E-state index in [1.54, 1.807) is 18.7 Å². The molecule has 1 aliphatic heterocycles. The summed E-state index contributed by atoms with van der Waals surface area (Å²) in [4.78, 5) is 36.2. The highest BCUT2D eigenvalue weighted by Gasteiger charge is 2.26. The van der Waals surface area contributed by atoms with Crippen molar-refractivity contribution in [3.8, 4) is 0 Å². The van der Waals surface area contributed by atoms with E-state index in [1.807, 2.05) is 11.8 Å². The van der Waals surface area contributed by atoms with Crippen molar-refractivity contribution in [1.29, 1.82) is 0 Å². The van der Waals surface area contributed by atoms with Gasteiger partial charge >= 0.3 is 0 Å². The number of aryl methyl sites for hydroxylation is 1. The topological polar surface area (TPSA) is 103 Å². The van der Waals surface area contributed by atoms with Gasteiger partial charge in [-0.2, -0.15) is 0 Å². The summed E-state index contributed by atoms with van der Waals surface area (Å²) < 4.78 is 15.6. The molecule has 1 N–H and O–H groups in total. The molecule has 1 aliphatic rings. The summed E-state index contributed by atoms with van der Waals surface area (Å²) >= 11 is 2.93. The van der Waals surface area contributed by atoms with Gasteiger partial charge in [-0.15, -0.1) is 22.7 Å². The van der Waals surface area contributed by atoms with Crippen LogP contribution >= 0.6 is 22.7 Å². The number of rotatable bonds is 11. The fourth-order valence-electron chi connectivity index (χ4n) is 3.14. The van der Waals surface area contributed by atoms with Gasteiger partial charge in [-0.1, -0.05) is 0 Å². The van der Waals surface area contributed by atoms with Crippen LogP contribution in [0.2, 0.25) is 0 Å². The Morgan fingerprint density at radius 3 is 2.65 bits per heavy atom. The number of likely N-dealkylation sites (tertiary alicyclic amines) is 1. The van der Waals surface area contributed by atoms with Gasteiger partial charge in [0.25, 0.3) is 5.91 Å². The summed E-state index contributed by atoms with van der Waals surface area (Å²) in [7, 11) is 1.62. The molecule has 11 heteroatoms. The smallest absolute Gasteiger partial charge is 0.276 e. The summed E-state index contributed by atoms with van der Waals surface area (Å²) in [5, 5.41) is 6.09. The van der Waals surface area contributed by atoms with E-state index in [1.165, 1.54) is 22.7 Å². The monoisotopic (exact) mass is 468 g/mol. The van der Waals surface area contributed by atoms with Gasteiger partial charge in [-0.05, 0) is 19.8 Å². The third-order valence-electron chi connectivity index (χ3n) is 4.82. The molecule has 9 nitrogen and oxygen atoms in total. The fourth-order valence-corrected chi connectivity index (χ4v) is 4.77. The van der Waals surface area contributed by atoms with Crippen LogP contribution in [0.1, 0.15) is 39.1 Å². The van der Waals surface area contributed by atoms with E-state index in [4.69, 9.17) is 14.2 Å². The maximum absolute atomic E-state index is 12.4. The number of methoxy groups -OCH3 is 1. The van der Waals surface area contributed by atoms with Crippen LogP contribution in [0.25, 0.3) is 0 Å². The van der Waals surface area contributed by atoms with E-state index in [2.05, 4.69) is 15.3 Å². The molecule has 31 heavy (non-hydrogen) atoms. The Morgan fingerprint density at radius 2 is 1.94 bits per heavy atom. The average molecular weight is 469 g/mol. The molecule has 0 saturated carbocycles. The lowest BCUT2D eigenvalue weighted by Crippen LogP contribution is -2.40. The van der Waals surface area contributed by atoms with E-state index < -0.39 is 0 Å². The van der Waals surface area contributed by atoms with Gasteiger partial charge < -0.3 is 19.1 Å². The largest absolute Gasteiger partial charge is 0.382 e. The van der Waals surface area contributed by atoms with Crippen molar-refractivity contribution in [3.63, 3.8) is 0 Å². The predicted octanol–water partition coefficient (Wildman–Crippen LogP) is 2.55. The standard InChI is InChI=1S/C20H28N4O5S2/c1-14-11-21-20(31-14)23-18(26)16-13-30-19(22-16)15-3-5-24(6-4-15)17(25)12-29-10-9-28-8-7-27-2/h11,13,15H,3-10,12H2,1-2H3,(H,21,23,26). The molecule has 3 rings (SSSR count). The minimum atomic E-state index is -0.243. The molecule has 2 amide bonds. The van der Waals surface area contributed by atoms with Crippen LogP contribution in [0.5, 0.6) is 0 Å². The van der Waals surface area contributed by atoms with Crippen molar-refractivity contribution >= 4 is 39.6 Å². The number of carbonyl (C=O) groups excluding carboxylic acids is 2. The van der Waals surface area contributed by atoms with E-state index in [9.17, 15) is 9.59 Å². The molecule has 1 saturated heterocycles. The average Bonchev–Trinajstić information content (AvgIpc) is 3.42. The third-order valence-corrected chi connectivity index (χ3v) is 6.66. The summed E-state index contributed by atoms with van der Waals surface area (Å²) in [5.41, 5.74) is 0.410. The molecule has 0 spiro atoms. The van der Waals surface area contributed by atoms with Crippen molar-refractivity contribution in [2.45, 2.75) is 25.7 Å². The molecule has 0 unspecified atom stereocenters. The lowest BCUT2D eigenvalue weighted by Gasteiger charge is -2.31. The highest BCUT2D eigenvalue weighted by Crippen LogP contribution is 2.30. The van der Waals surface area contributed by atoms with Gasteiger partial charge in [0.1, 0.15) is 12.3 Å². The molecule has 0 radical (unpaired) electrons. The number of amides is 2. The lowest BCUT2D eigenvalue weighted by molar-refractivity contribution is -0.137. The van der Waals surface area contributed by atoms with Crippen LogP contribution in [0, 0.1) is 6.92 Å². The Labute approximate surface area is 189 Å². The van der Waals surface area contributed by atoms with Crippen LogP contribution in [0.4, 0.5) is 5.13 Å². The number of anilines is 1. The number of carbonyl (C=O) groups is 2. The number of hydrogen-bond donors (Lipinski definition) is 1. The zero-order valence-electron chi connectivity index (χ0n) is 17.8. The molecule has 0 aromatic carbocycles. The SMILES string of the molecule is COCCOCCOCC(=O)N1CCC(c2nc(C(=O)Nc3ncc(C)s3)cs2)CC1. The van der Waals surface area contributed by atoms with E-state index in [0.717, 1.165) is 22.7 Å². The number of ether oxygens (including phenoxy) is 3. The molecule has 170 valence electrons. The summed E-state index contributed by atoms with van der Waals surface area (Å²) in [6.45, 7) is 5.23. The Morgan fingerprint density at radius 1 is 1.19 bits per heavy atom. The minimum Gasteiger partial charge on any atom is -0.382 e. The summed E-state index contributed by atoms with van der Waals surface area (Å²) in [5.74, 6) is 0.00825. The first kappa shape index (κ1) is 23.7. The van der Waals surface area contributed by atoms with Gasteiger partial charge in [-0.3, -0.25) is 14.9 Å². The molecule has 0 aliphatic carbocycles. The first-order valence-electron chi connectivity index (χ1n) is 10.2. The second kappa shape index (κ2) is 12.2. The normalized spacial score (nSPS) is 14.7. The molecule has 2 aromatic rings. The molecular formula is C20H28N4O5S2. The lowest BCUT2D eigenvalue weighted by atomic mass is 9.97. The van der Waals surface area contributed by atoms with Gasteiger partial charge in [0.05, 0.1) is 31.4 Å². The highest BCUT2D eigenvalue weighted by molar-refractivity contribution is 7.15. The van der Waals surface area contributed by atoms with Crippen molar-refractivity contribution in [1.82, 2.24) is 14.9 Å². The predicted molar refractivity (Wildman–Crippen MR) is 119 cm³/mol. The van der Waals surface area contributed by atoms with E-state index in [0.29, 0.717) is 50.3 Å². The highest BCUT2D eigenvalue weighted by atomic mass is 32.1. The first-order chi connectivity index (χ1) is 15.1. The Balaban J connectivity index is 1.37. The van der Waals surface area contributed by atoms with E-state index >= 15 is 0 Å². The van der Waals surface area contributed by atoms with Crippen molar-refractivity contribution < 1.29 is 23.8 Å². The van der Waals surface area contributed by atoms with Crippen LogP contribution in [0.15, 0.2) is 11.6 Å². The number of hydrogen-bond acceptors (Lipinski definition) is 9. The van der Waals surface area contributed by atoms with Crippen molar-refractivity contribution in [3.05, 3.63) is 27.2 Å². The maximum atomic E-state index is 12.4. The van der Waals surface area contributed by atoms with Crippen LogP contribution < -0.4 is 5.32 Å². The Hall–Kier alpha value is -1.92. The zero-order chi connectivity index (χ0) is 22.1. The number of nitrogens with zero attached hydrogens (tertiary/aromatic N) is 3. The molecule has 0 atom stereocenters. The number of nitrogens with one attached hydrogen (secondary N) is 1. The van der Waals surface area contributed by atoms with Gasteiger partial charge in [-0.25, -0.2) is 9.97 Å². The van der Waals surface area contributed by atoms with Gasteiger partial charge in [0.2, 0.25) is 5.91 Å². The van der Waals surface area contributed by atoms with E-state index in [-0.39, 0.29) is 24.3 Å². The second-order valence-electron chi connectivity index (χ2n) is 7.11. The van der Waals surface area contributed by atoms with Gasteiger partial charge in [0.15, 0.2) is 5.13 Å². The molecule has 2 aromatic heterocycles. The zero-order valence-corrected chi connectivity index (χ0v) is 19.4. The molecule has 3 heterocycles.